The minimum absolute atomic E-state index is 0.216. The molecule has 7 heteroatoms. The quantitative estimate of drug-likeness (QED) is 0.719. The van der Waals surface area contributed by atoms with E-state index in [-0.39, 0.29) is 28.6 Å². The Morgan fingerprint density at radius 1 is 1.25 bits per heavy atom. The van der Waals surface area contributed by atoms with Crippen LogP contribution in [-0.2, 0) is 13.6 Å². The lowest BCUT2D eigenvalue weighted by Crippen LogP contribution is -2.23. The maximum atomic E-state index is 12.9. The van der Waals surface area contributed by atoms with Crippen molar-refractivity contribution >= 4 is 29.0 Å². The van der Waals surface area contributed by atoms with Crippen LogP contribution in [0.25, 0.3) is 10.9 Å². The summed E-state index contributed by atoms with van der Waals surface area (Å²) in [6, 6.07) is 10.7. The van der Waals surface area contributed by atoms with Gasteiger partial charge in [0.05, 0.1) is 10.9 Å². The highest BCUT2D eigenvalue weighted by molar-refractivity contribution is 7.71. The van der Waals surface area contributed by atoms with Crippen molar-refractivity contribution in [2.45, 2.75) is 6.54 Å². The molecular formula is C17H14FN3O2S. The molecule has 0 bridgehead atoms. The van der Waals surface area contributed by atoms with Crippen LogP contribution in [0.15, 0.2) is 47.3 Å². The molecule has 0 radical (unpaired) electrons. The molecule has 0 aliphatic heterocycles. The van der Waals surface area contributed by atoms with Crippen LogP contribution in [-0.4, -0.2) is 15.5 Å². The summed E-state index contributed by atoms with van der Waals surface area (Å²) in [5.41, 5.74) is 1.49. The molecule has 0 saturated heterocycles. The molecule has 1 aromatic heterocycles. The lowest BCUT2D eigenvalue weighted by Gasteiger charge is -2.07. The average Bonchev–Trinajstić information content (AvgIpc) is 2.58. The van der Waals surface area contributed by atoms with Crippen molar-refractivity contribution in [2.75, 3.05) is 0 Å². The fourth-order valence-corrected chi connectivity index (χ4v) is 2.53. The van der Waals surface area contributed by atoms with Gasteiger partial charge in [0.15, 0.2) is 4.77 Å². The second kappa shape index (κ2) is 6.37. The standard InChI is InChI=1S/C17H14FN3O2S/c1-21-16(23)13-7-4-11(8-14(13)20-17(21)24)15(22)19-9-10-2-5-12(18)6-3-10/h2-8H,9H2,1H3,(H,19,22)(H,20,24). The Balaban J connectivity index is 1.85. The number of rotatable bonds is 3. The number of benzene rings is 2. The number of aromatic nitrogens is 2. The van der Waals surface area contributed by atoms with Gasteiger partial charge in [0.2, 0.25) is 0 Å². The zero-order valence-electron chi connectivity index (χ0n) is 12.8. The molecule has 0 saturated carbocycles. The summed E-state index contributed by atoms with van der Waals surface area (Å²) in [6.45, 7) is 0.281. The predicted molar refractivity (Wildman–Crippen MR) is 91.9 cm³/mol. The molecule has 0 aliphatic carbocycles. The Labute approximate surface area is 141 Å². The van der Waals surface area contributed by atoms with Gasteiger partial charge in [-0.25, -0.2) is 4.39 Å². The zero-order valence-corrected chi connectivity index (χ0v) is 13.6. The molecule has 3 rings (SSSR count). The van der Waals surface area contributed by atoms with Gasteiger partial charge >= 0.3 is 0 Å². The van der Waals surface area contributed by atoms with Crippen molar-refractivity contribution < 1.29 is 9.18 Å². The van der Waals surface area contributed by atoms with Gasteiger partial charge in [-0.1, -0.05) is 12.1 Å². The van der Waals surface area contributed by atoms with Crippen LogP contribution in [0.1, 0.15) is 15.9 Å². The van der Waals surface area contributed by atoms with Gasteiger partial charge in [0, 0.05) is 19.2 Å². The van der Waals surface area contributed by atoms with Gasteiger partial charge < -0.3 is 10.3 Å². The summed E-state index contributed by atoms with van der Waals surface area (Å²) < 4.78 is 14.5. The van der Waals surface area contributed by atoms with E-state index in [2.05, 4.69) is 10.3 Å². The van der Waals surface area contributed by atoms with E-state index in [0.29, 0.717) is 16.5 Å². The number of nitrogens with one attached hydrogen (secondary N) is 2. The van der Waals surface area contributed by atoms with E-state index in [0.717, 1.165) is 5.56 Å². The summed E-state index contributed by atoms with van der Waals surface area (Å²) in [6.07, 6.45) is 0. The van der Waals surface area contributed by atoms with Crippen LogP contribution >= 0.6 is 12.2 Å². The summed E-state index contributed by atoms with van der Waals surface area (Å²) in [5, 5.41) is 3.21. The smallest absolute Gasteiger partial charge is 0.261 e. The SMILES string of the molecule is Cn1c(=S)[nH]c2cc(C(=O)NCc3ccc(F)cc3)ccc2c1=O. The molecule has 0 unspecified atom stereocenters. The highest BCUT2D eigenvalue weighted by atomic mass is 32.1. The van der Waals surface area contributed by atoms with E-state index in [4.69, 9.17) is 12.2 Å². The molecule has 122 valence electrons. The predicted octanol–water partition coefficient (Wildman–Crippen LogP) is 2.67. The molecule has 0 atom stereocenters. The number of amides is 1. The van der Waals surface area contributed by atoms with Crippen LogP contribution in [0.5, 0.6) is 0 Å². The fraction of sp³-hybridized carbons (Fsp3) is 0.118. The van der Waals surface area contributed by atoms with Crippen molar-refractivity contribution in [3.63, 3.8) is 0 Å². The van der Waals surface area contributed by atoms with Gasteiger partial charge in [-0.15, -0.1) is 0 Å². The Morgan fingerprint density at radius 3 is 2.67 bits per heavy atom. The number of fused-ring (bicyclic) bond motifs is 1. The van der Waals surface area contributed by atoms with Gasteiger partial charge in [-0.2, -0.15) is 0 Å². The molecule has 2 aromatic carbocycles. The van der Waals surface area contributed by atoms with E-state index >= 15 is 0 Å². The van der Waals surface area contributed by atoms with Crippen molar-refractivity contribution in [3.8, 4) is 0 Å². The zero-order chi connectivity index (χ0) is 17.3. The summed E-state index contributed by atoms with van der Waals surface area (Å²) in [5.74, 6) is -0.613. The first kappa shape index (κ1) is 16.1. The highest BCUT2D eigenvalue weighted by Gasteiger charge is 2.09. The largest absolute Gasteiger partial charge is 0.348 e. The van der Waals surface area contributed by atoms with Gasteiger partial charge in [0.25, 0.3) is 11.5 Å². The van der Waals surface area contributed by atoms with Crippen molar-refractivity contribution in [1.82, 2.24) is 14.9 Å². The highest BCUT2D eigenvalue weighted by Crippen LogP contribution is 2.11. The van der Waals surface area contributed by atoms with Gasteiger partial charge in [0.1, 0.15) is 5.82 Å². The third kappa shape index (κ3) is 3.11. The van der Waals surface area contributed by atoms with Crippen LogP contribution in [0.4, 0.5) is 4.39 Å². The maximum absolute atomic E-state index is 12.9. The third-order valence-corrected chi connectivity index (χ3v) is 4.11. The summed E-state index contributed by atoms with van der Waals surface area (Å²) >= 11 is 5.08. The Hall–Kier alpha value is -2.80. The number of hydrogen-bond acceptors (Lipinski definition) is 3. The maximum Gasteiger partial charge on any atom is 0.261 e. The number of carbonyl (C=O) groups excluding carboxylic acids is 1. The molecule has 3 aromatic rings. The average molecular weight is 343 g/mol. The van der Waals surface area contributed by atoms with Crippen molar-refractivity contribution in [2.24, 2.45) is 7.05 Å². The fourth-order valence-electron chi connectivity index (χ4n) is 2.33. The first-order chi connectivity index (χ1) is 11.5. The lowest BCUT2D eigenvalue weighted by molar-refractivity contribution is 0.0951. The summed E-state index contributed by atoms with van der Waals surface area (Å²) in [7, 11) is 1.59. The normalized spacial score (nSPS) is 10.8. The van der Waals surface area contributed by atoms with E-state index in [1.165, 1.54) is 16.7 Å². The Bertz CT molecular complexity index is 1040. The van der Waals surface area contributed by atoms with Gasteiger partial charge in [-0.3, -0.25) is 14.2 Å². The lowest BCUT2D eigenvalue weighted by atomic mass is 10.1. The first-order valence-electron chi connectivity index (χ1n) is 7.21. The number of carbonyl (C=O) groups is 1. The van der Waals surface area contributed by atoms with Crippen LogP contribution in [0.3, 0.4) is 0 Å². The van der Waals surface area contributed by atoms with E-state index < -0.39 is 0 Å². The van der Waals surface area contributed by atoms with Crippen molar-refractivity contribution in [3.05, 3.63) is 74.5 Å². The molecule has 1 heterocycles. The van der Waals surface area contributed by atoms with Crippen LogP contribution in [0.2, 0.25) is 0 Å². The second-order valence-corrected chi connectivity index (χ2v) is 5.75. The molecule has 5 nitrogen and oxygen atoms in total. The number of hydrogen-bond donors (Lipinski definition) is 2. The van der Waals surface area contributed by atoms with Crippen LogP contribution in [0, 0.1) is 10.6 Å². The topological polar surface area (TPSA) is 66.9 Å². The molecule has 2 N–H and O–H groups in total. The molecule has 0 spiro atoms. The van der Waals surface area contributed by atoms with Gasteiger partial charge in [-0.05, 0) is 48.1 Å². The number of H-pyrrole nitrogens is 1. The molecular weight excluding hydrogens is 329 g/mol. The molecule has 0 aliphatic rings. The third-order valence-electron chi connectivity index (χ3n) is 3.73. The molecule has 1 amide bonds. The first-order valence-corrected chi connectivity index (χ1v) is 7.62. The number of nitrogens with zero attached hydrogens (tertiary/aromatic N) is 1. The minimum Gasteiger partial charge on any atom is -0.348 e. The second-order valence-electron chi connectivity index (χ2n) is 5.36. The van der Waals surface area contributed by atoms with E-state index in [1.807, 2.05) is 0 Å². The van der Waals surface area contributed by atoms with Crippen molar-refractivity contribution in [1.29, 1.82) is 0 Å². The monoisotopic (exact) mass is 343 g/mol. The molecule has 0 fully saturated rings. The molecule has 24 heavy (non-hydrogen) atoms. The Kier molecular flexibility index (Phi) is 4.26. The van der Waals surface area contributed by atoms with E-state index in [9.17, 15) is 14.0 Å². The number of halogens is 1. The minimum atomic E-state index is -0.323. The Morgan fingerprint density at radius 2 is 1.96 bits per heavy atom. The number of aromatic amines is 1. The summed E-state index contributed by atoms with van der Waals surface area (Å²) in [4.78, 5) is 27.3. The van der Waals surface area contributed by atoms with Crippen LogP contribution < -0.4 is 10.9 Å². The van der Waals surface area contributed by atoms with E-state index in [1.54, 1.807) is 37.4 Å².